The molecule has 0 saturated carbocycles. The molecule has 4 N–H and O–H groups in total. The van der Waals surface area contributed by atoms with Gasteiger partial charge in [-0.25, -0.2) is 4.98 Å². The standard InChI is InChI=1S/C16H14N4OS/c1-2-12(14-9-22-16(17)20-14)15(21)19-11-6-5-10-4-3-7-18-13(10)8-11/h2,5-9,18H,4H2,1H3,(H2-,17,19,20,21)/p+1/b12-2-. The Labute approximate surface area is 132 Å². The Bertz CT molecular complexity index is 776. The maximum Gasteiger partial charge on any atom is 0.257 e. The number of nitrogens with two attached hydrogens (primary N) is 1. The molecule has 0 radical (unpaired) electrons. The number of carbonyl (C=O) groups is 1. The van der Waals surface area contributed by atoms with E-state index in [1.165, 1.54) is 11.3 Å². The molecule has 3 rings (SSSR count). The molecule has 1 aromatic heterocycles. The molecule has 0 atom stereocenters. The highest BCUT2D eigenvalue weighted by molar-refractivity contribution is 7.13. The van der Waals surface area contributed by atoms with Gasteiger partial charge in [-0.3, -0.25) is 4.79 Å². The minimum absolute atomic E-state index is 0.203. The van der Waals surface area contributed by atoms with Crippen LogP contribution < -0.4 is 16.4 Å². The fourth-order valence-electron chi connectivity index (χ4n) is 2.24. The van der Waals surface area contributed by atoms with Crippen molar-refractivity contribution >= 4 is 39.3 Å². The third-order valence-electron chi connectivity index (χ3n) is 3.32. The first kappa shape index (κ1) is 14.3. The molecular formula is C16H15N4OS+. The number of anilines is 3. The van der Waals surface area contributed by atoms with Gasteiger partial charge in [-0.2, -0.15) is 0 Å². The van der Waals surface area contributed by atoms with E-state index in [-0.39, 0.29) is 5.91 Å². The van der Waals surface area contributed by atoms with Crippen molar-refractivity contribution in [2.75, 3.05) is 16.4 Å². The van der Waals surface area contributed by atoms with Crippen molar-refractivity contribution in [2.24, 2.45) is 0 Å². The topological polar surface area (TPSA) is 80.0 Å². The summed E-state index contributed by atoms with van der Waals surface area (Å²) in [4.78, 5) is 16.6. The smallest absolute Gasteiger partial charge is 0.257 e. The second kappa shape index (κ2) is 5.97. The molecule has 1 aliphatic heterocycles. The molecule has 0 unspecified atom stereocenters. The summed E-state index contributed by atoms with van der Waals surface area (Å²) in [5, 5.41) is 8.24. The Morgan fingerprint density at radius 3 is 3.14 bits per heavy atom. The van der Waals surface area contributed by atoms with Gasteiger partial charge >= 0.3 is 0 Å². The molecule has 0 saturated heterocycles. The summed E-state index contributed by atoms with van der Waals surface area (Å²) >= 11 is 1.32. The van der Waals surface area contributed by atoms with E-state index in [0.29, 0.717) is 16.4 Å². The third kappa shape index (κ3) is 2.83. The van der Waals surface area contributed by atoms with Crippen molar-refractivity contribution in [3.63, 3.8) is 0 Å². The second-order valence-corrected chi connectivity index (χ2v) is 5.66. The number of hydrogen-bond acceptors (Lipinski definition) is 5. The summed E-state index contributed by atoms with van der Waals surface area (Å²) in [7, 11) is 0. The second-order valence-electron chi connectivity index (χ2n) is 4.77. The number of nitrogens with zero attached hydrogens (tertiary/aromatic N) is 1. The Kier molecular flexibility index (Phi) is 3.87. The largest absolute Gasteiger partial charge is 0.375 e. The Balaban J connectivity index is 1.79. The van der Waals surface area contributed by atoms with E-state index in [0.717, 1.165) is 23.4 Å². The first-order chi connectivity index (χ1) is 10.7. The predicted octanol–water partition coefficient (Wildman–Crippen LogP) is 3.05. The van der Waals surface area contributed by atoms with Gasteiger partial charge in [0.15, 0.2) is 11.6 Å². The molecular weight excluding hydrogens is 296 g/mol. The number of aromatic nitrogens is 1. The van der Waals surface area contributed by atoms with Crippen LogP contribution in [0.5, 0.6) is 0 Å². The first-order valence-corrected chi connectivity index (χ1v) is 7.69. The average molecular weight is 311 g/mol. The number of rotatable bonds is 3. The van der Waals surface area contributed by atoms with Gasteiger partial charge in [0.1, 0.15) is 0 Å². The molecule has 0 spiro atoms. The third-order valence-corrected chi connectivity index (χ3v) is 4.00. The summed E-state index contributed by atoms with van der Waals surface area (Å²) in [6, 6.07) is 5.77. The molecule has 5 nitrogen and oxygen atoms in total. The minimum atomic E-state index is -0.203. The molecule has 22 heavy (non-hydrogen) atoms. The molecule has 1 aromatic carbocycles. The lowest BCUT2D eigenvalue weighted by molar-refractivity contribution is -0.111. The molecule has 0 bridgehead atoms. The molecule has 2 heterocycles. The van der Waals surface area contributed by atoms with E-state index < -0.39 is 0 Å². The van der Waals surface area contributed by atoms with Crippen molar-refractivity contribution in [3.05, 3.63) is 53.2 Å². The predicted molar refractivity (Wildman–Crippen MR) is 90.4 cm³/mol. The van der Waals surface area contributed by atoms with Crippen LogP contribution in [0.1, 0.15) is 18.2 Å². The molecule has 0 fully saturated rings. The van der Waals surface area contributed by atoms with Gasteiger partial charge in [-0.05, 0) is 25.1 Å². The van der Waals surface area contributed by atoms with Crippen molar-refractivity contribution in [1.29, 1.82) is 0 Å². The molecule has 1 amide bonds. The zero-order chi connectivity index (χ0) is 15.5. The molecule has 1 aliphatic rings. The van der Waals surface area contributed by atoms with E-state index >= 15 is 0 Å². The van der Waals surface area contributed by atoms with Crippen LogP contribution in [0.4, 0.5) is 16.5 Å². The number of benzene rings is 1. The van der Waals surface area contributed by atoms with Crippen molar-refractivity contribution in [3.8, 4) is 0 Å². The number of allylic oxidation sites excluding steroid dienone is 2. The van der Waals surface area contributed by atoms with Crippen LogP contribution in [-0.2, 0) is 11.2 Å². The van der Waals surface area contributed by atoms with Crippen molar-refractivity contribution in [1.82, 2.24) is 4.98 Å². The monoisotopic (exact) mass is 311 g/mol. The van der Waals surface area contributed by atoms with Crippen LogP contribution in [0.2, 0.25) is 0 Å². The number of nitrogens with one attached hydrogen (secondary N) is 2. The number of carbonyl (C=O) groups excluding carboxylic acids is 1. The van der Waals surface area contributed by atoms with Gasteiger partial charge < -0.3 is 16.4 Å². The zero-order valence-electron chi connectivity index (χ0n) is 12.0. The van der Waals surface area contributed by atoms with Crippen LogP contribution >= 0.6 is 11.3 Å². The quantitative estimate of drug-likeness (QED) is 0.601. The minimum Gasteiger partial charge on any atom is -0.375 e. The maximum absolute atomic E-state index is 12.4. The van der Waals surface area contributed by atoms with E-state index in [9.17, 15) is 4.79 Å². The van der Waals surface area contributed by atoms with Crippen LogP contribution in [0.15, 0.2) is 35.9 Å². The van der Waals surface area contributed by atoms with Gasteiger partial charge in [0.25, 0.3) is 5.91 Å². The lowest BCUT2D eigenvalue weighted by atomic mass is 10.1. The molecule has 2 aromatic rings. The molecule has 110 valence electrons. The summed E-state index contributed by atoms with van der Waals surface area (Å²) < 4.78 is 0. The highest BCUT2D eigenvalue weighted by Crippen LogP contribution is 2.26. The van der Waals surface area contributed by atoms with E-state index in [4.69, 9.17) is 5.73 Å². The maximum atomic E-state index is 12.4. The van der Waals surface area contributed by atoms with E-state index in [2.05, 4.69) is 21.7 Å². The summed E-state index contributed by atoms with van der Waals surface area (Å²) in [6.07, 6.45) is 7.39. The van der Waals surface area contributed by atoms with Gasteiger partial charge in [0.2, 0.25) is 12.3 Å². The first-order valence-electron chi connectivity index (χ1n) is 6.81. The Hall–Kier alpha value is -2.69. The van der Waals surface area contributed by atoms with E-state index in [1.54, 1.807) is 24.6 Å². The number of nitrogen functional groups attached to an aromatic ring is 1. The number of thiazole rings is 1. The van der Waals surface area contributed by atoms with Gasteiger partial charge in [-0.1, -0.05) is 6.08 Å². The van der Waals surface area contributed by atoms with Crippen LogP contribution in [0.3, 0.4) is 0 Å². The van der Waals surface area contributed by atoms with Gasteiger partial charge in [-0.15, -0.1) is 11.3 Å². The Morgan fingerprint density at radius 2 is 2.41 bits per heavy atom. The fraction of sp³-hybridized carbons (Fsp3) is 0.125. The Morgan fingerprint density at radius 1 is 1.55 bits per heavy atom. The SMILES string of the molecule is C/C=C(\C(=O)Nc1ccc2c(c1)NC=[C+]C2)c1csc(N)n1. The lowest BCUT2D eigenvalue weighted by Gasteiger charge is -2.11. The van der Waals surface area contributed by atoms with Gasteiger partial charge in [0.05, 0.1) is 17.0 Å². The van der Waals surface area contributed by atoms with Crippen LogP contribution in [-0.4, -0.2) is 10.9 Å². The van der Waals surface area contributed by atoms with Crippen molar-refractivity contribution in [2.45, 2.75) is 13.3 Å². The van der Waals surface area contributed by atoms with E-state index in [1.807, 2.05) is 18.2 Å². The summed E-state index contributed by atoms with van der Waals surface area (Å²) in [6.45, 7) is 1.81. The normalized spacial score (nSPS) is 13.0. The van der Waals surface area contributed by atoms with Crippen LogP contribution in [0, 0.1) is 6.08 Å². The van der Waals surface area contributed by atoms with Gasteiger partial charge in [0, 0.05) is 16.6 Å². The average Bonchev–Trinajstić information content (AvgIpc) is 2.94. The fourth-order valence-corrected chi connectivity index (χ4v) is 2.80. The number of amides is 1. The zero-order valence-corrected chi connectivity index (χ0v) is 12.8. The molecule has 6 heteroatoms. The number of fused-ring (bicyclic) bond motifs is 1. The highest BCUT2D eigenvalue weighted by atomic mass is 32.1. The lowest BCUT2D eigenvalue weighted by Crippen LogP contribution is -2.14. The number of hydrogen-bond donors (Lipinski definition) is 3. The van der Waals surface area contributed by atoms with Crippen molar-refractivity contribution < 1.29 is 4.79 Å². The highest BCUT2D eigenvalue weighted by Gasteiger charge is 2.16. The molecule has 0 aliphatic carbocycles. The summed E-state index contributed by atoms with van der Waals surface area (Å²) in [5.74, 6) is -0.203. The summed E-state index contributed by atoms with van der Waals surface area (Å²) in [5.41, 5.74) is 9.60. The van der Waals surface area contributed by atoms with Crippen LogP contribution in [0.25, 0.3) is 5.57 Å².